The Morgan fingerprint density at radius 2 is 1.62 bits per heavy atom. The number of hydrogen-bond donors (Lipinski definition) is 1. The van der Waals surface area contributed by atoms with Crippen molar-refractivity contribution >= 4 is 0 Å². The molecule has 0 spiro atoms. The molecule has 0 saturated heterocycles. The highest BCUT2D eigenvalue weighted by molar-refractivity contribution is 5.53. The van der Waals surface area contributed by atoms with Gasteiger partial charge in [0.25, 0.3) is 0 Å². The van der Waals surface area contributed by atoms with Crippen LogP contribution in [0.2, 0.25) is 0 Å². The lowest BCUT2D eigenvalue weighted by Gasteiger charge is -2.14. The van der Waals surface area contributed by atoms with Crippen molar-refractivity contribution in [1.82, 2.24) is 0 Å². The van der Waals surface area contributed by atoms with Crippen molar-refractivity contribution in [3.05, 3.63) is 48.0 Å². The molecule has 0 fully saturated rings. The van der Waals surface area contributed by atoms with Gasteiger partial charge in [-0.25, -0.2) is 0 Å². The molecular formula is C17H21NO3. The van der Waals surface area contributed by atoms with E-state index in [1.165, 1.54) is 0 Å². The fourth-order valence-corrected chi connectivity index (χ4v) is 2.14. The van der Waals surface area contributed by atoms with E-state index in [0.29, 0.717) is 17.2 Å². The Morgan fingerprint density at radius 1 is 1.00 bits per heavy atom. The normalized spacial score (nSPS) is 11.8. The Labute approximate surface area is 125 Å². The van der Waals surface area contributed by atoms with Gasteiger partial charge in [-0.05, 0) is 43.2 Å². The summed E-state index contributed by atoms with van der Waals surface area (Å²) >= 11 is 0. The molecule has 0 bridgehead atoms. The maximum Gasteiger partial charge on any atom is 0.210 e. The zero-order valence-electron chi connectivity index (χ0n) is 12.6. The fourth-order valence-electron chi connectivity index (χ4n) is 2.14. The van der Waals surface area contributed by atoms with Crippen molar-refractivity contribution in [3.8, 4) is 23.0 Å². The molecule has 0 saturated carbocycles. The molecule has 21 heavy (non-hydrogen) atoms. The first-order valence-corrected chi connectivity index (χ1v) is 6.87. The SMILES string of the molecule is COc1cccc(OC)c1Oc1cccc(CC(C)N)c1. The molecule has 1 unspecified atom stereocenters. The molecule has 0 amide bonds. The molecule has 4 heteroatoms. The van der Waals surface area contributed by atoms with E-state index < -0.39 is 0 Å². The molecule has 2 N–H and O–H groups in total. The van der Waals surface area contributed by atoms with E-state index >= 15 is 0 Å². The topological polar surface area (TPSA) is 53.7 Å². The zero-order valence-corrected chi connectivity index (χ0v) is 12.6. The van der Waals surface area contributed by atoms with Gasteiger partial charge in [0, 0.05) is 6.04 Å². The smallest absolute Gasteiger partial charge is 0.210 e. The fraction of sp³-hybridized carbons (Fsp3) is 0.294. The van der Waals surface area contributed by atoms with Crippen LogP contribution in [-0.2, 0) is 6.42 Å². The molecule has 0 aliphatic rings. The standard InChI is InChI=1S/C17H21NO3/c1-12(18)10-13-6-4-7-14(11-13)21-17-15(19-2)8-5-9-16(17)20-3/h4-9,11-12H,10,18H2,1-3H3. The highest BCUT2D eigenvalue weighted by Crippen LogP contribution is 2.39. The highest BCUT2D eigenvalue weighted by atomic mass is 16.5. The highest BCUT2D eigenvalue weighted by Gasteiger charge is 2.12. The first-order valence-electron chi connectivity index (χ1n) is 6.87. The summed E-state index contributed by atoms with van der Waals surface area (Å²) in [7, 11) is 3.21. The molecule has 0 aromatic heterocycles. The van der Waals surface area contributed by atoms with Gasteiger partial charge in [-0.15, -0.1) is 0 Å². The maximum absolute atomic E-state index is 5.95. The lowest BCUT2D eigenvalue weighted by molar-refractivity contribution is 0.346. The third kappa shape index (κ3) is 3.89. The Morgan fingerprint density at radius 3 is 2.19 bits per heavy atom. The summed E-state index contributed by atoms with van der Waals surface area (Å²) in [6.45, 7) is 1.98. The maximum atomic E-state index is 5.95. The molecule has 0 heterocycles. The van der Waals surface area contributed by atoms with Crippen LogP contribution in [0.4, 0.5) is 0 Å². The minimum Gasteiger partial charge on any atom is -0.493 e. The molecule has 4 nitrogen and oxygen atoms in total. The lowest BCUT2D eigenvalue weighted by atomic mass is 10.1. The van der Waals surface area contributed by atoms with Gasteiger partial charge in [-0.3, -0.25) is 0 Å². The predicted octanol–water partition coefficient (Wildman–Crippen LogP) is 3.39. The minimum atomic E-state index is 0.112. The van der Waals surface area contributed by atoms with Crippen molar-refractivity contribution in [1.29, 1.82) is 0 Å². The average Bonchev–Trinajstić information content (AvgIpc) is 2.47. The van der Waals surface area contributed by atoms with Crippen LogP contribution in [0.1, 0.15) is 12.5 Å². The molecule has 2 aromatic carbocycles. The van der Waals surface area contributed by atoms with E-state index in [9.17, 15) is 0 Å². The monoisotopic (exact) mass is 287 g/mol. The number of hydrogen-bond acceptors (Lipinski definition) is 4. The van der Waals surface area contributed by atoms with E-state index in [4.69, 9.17) is 19.9 Å². The number of ether oxygens (including phenoxy) is 3. The van der Waals surface area contributed by atoms with Crippen LogP contribution in [0.3, 0.4) is 0 Å². The summed E-state index contributed by atoms with van der Waals surface area (Å²) in [6, 6.07) is 13.5. The van der Waals surface area contributed by atoms with Gasteiger partial charge < -0.3 is 19.9 Å². The average molecular weight is 287 g/mol. The predicted molar refractivity (Wildman–Crippen MR) is 83.4 cm³/mol. The molecule has 0 radical (unpaired) electrons. The van der Waals surface area contributed by atoms with Crippen LogP contribution >= 0.6 is 0 Å². The van der Waals surface area contributed by atoms with Crippen molar-refractivity contribution < 1.29 is 14.2 Å². The van der Waals surface area contributed by atoms with Crippen molar-refractivity contribution in [2.75, 3.05) is 14.2 Å². The van der Waals surface area contributed by atoms with Crippen molar-refractivity contribution in [2.45, 2.75) is 19.4 Å². The second-order valence-corrected chi connectivity index (χ2v) is 4.92. The van der Waals surface area contributed by atoms with Crippen LogP contribution in [-0.4, -0.2) is 20.3 Å². The van der Waals surface area contributed by atoms with E-state index in [1.807, 2.05) is 49.4 Å². The van der Waals surface area contributed by atoms with Gasteiger partial charge in [0.2, 0.25) is 5.75 Å². The molecular weight excluding hydrogens is 266 g/mol. The number of rotatable bonds is 6. The first kappa shape index (κ1) is 15.2. The van der Waals surface area contributed by atoms with Crippen LogP contribution in [0.25, 0.3) is 0 Å². The van der Waals surface area contributed by atoms with E-state index in [1.54, 1.807) is 14.2 Å². The minimum absolute atomic E-state index is 0.112. The van der Waals surface area contributed by atoms with Gasteiger partial charge in [0.05, 0.1) is 14.2 Å². The molecule has 1 atom stereocenters. The first-order chi connectivity index (χ1) is 10.1. The van der Waals surface area contributed by atoms with Crippen molar-refractivity contribution in [2.24, 2.45) is 5.73 Å². The van der Waals surface area contributed by atoms with Crippen molar-refractivity contribution in [3.63, 3.8) is 0 Å². The number of benzene rings is 2. The van der Waals surface area contributed by atoms with Gasteiger partial charge in [-0.1, -0.05) is 18.2 Å². The Balaban J connectivity index is 2.29. The summed E-state index contributed by atoms with van der Waals surface area (Å²) in [5, 5.41) is 0. The number of methoxy groups -OCH3 is 2. The third-order valence-corrected chi connectivity index (χ3v) is 3.06. The van der Waals surface area contributed by atoms with Gasteiger partial charge in [0.15, 0.2) is 11.5 Å². The second kappa shape index (κ2) is 6.99. The molecule has 0 aliphatic carbocycles. The lowest BCUT2D eigenvalue weighted by Crippen LogP contribution is -2.17. The van der Waals surface area contributed by atoms with E-state index in [0.717, 1.165) is 17.7 Å². The van der Waals surface area contributed by atoms with E-state index in [2.05, 4.69) is 0 Å². The zero-order chi connectivity index (χ0) is 15.2. The second-order valence-electron chi connectivity index (χ2n) is 4.92. The summed E-state index contributed by atoms with van der Waals surface area (Å²) < 4.78 is 16.6. The van der Waals surface area contributed by atoms with Crippen LogP contribution in [0.15, 0.2) is 42.5 Å². The Hall–Kier alpha value is -2.20. The molecule has 2 rings (SSSR count). The van der Waals surface area contributed by atoms with Crippen LogP contribution in [0.5, 0.6) is 23.0 Å². The van der Waals surface area contributed by atoms with Gasteiger partial charge >= 0.3 is 0 Å². The number of nitrogens with two attached hydrogens (primary N) is 1. The van der Waals surface area contributed by atoms with Gasteiger partial charge in [0.1, 0.15) is 5.75 Å². The third-order valence-electron chi connectivity index (χ3n) is 3.06. The van der Waals surface area contributed by atoms with Crippen LogP contribution < -0.4 is 19.9 Å². The van der Waals surface area contributed by atoms with E-state index in [-0.39, 0.29) is 6.04 Å². The molecule has 0 aliphatic heterocycles. The van der Waals surface area contributed by atoms with Crippen LogP contribution in [0, 0.1) is 0 Å². The quantitative estimate of drug-likeness (QED) is 0.885. The summed E-state index contributed by atoms with van der Waals surface area (Å²) in [6.07, 6.45) is 0.806. The summed E-state index contributed by atoms with van der Waals surface area (Å²) in [5.41, 5.74) is 6.97. The largest absolute Gasteiger partial charge is 0.493 e. The van der Waals surface area contributed by atoms with Gasteiger partial charge in [-0.2, -0.15) is 0 Å². The Bertz CT molecular complexity index is 574. The summed E-state index contributed by atoms with van der Waals surface area (Å²) in [5.74, 6) is 2.57. The Kier molecular flexibility index (Phi) is 5.06. The molecule has 112 valence electrons. The molecule has 2 aromatic rings. The number of para-hydroxylation sites is 1. The summed E-state index contributed by atoms with van der Waals surface area (Å²) in [4.78, 5) is 0.